The van der Waals surface area contributed by atoms with Gasteiger partial charge in [0, 0.05) is 40.4 Å². The lowest BCUT2D eigenvalue weighted by molar-refractivity contribution is 0.318. The Kier molecular flexibility index (Phi) is 4.71. The van der Waals surface area contributed by atoms with E-state index in [1.165, 1.54) is 0 Å². The maximum Gasteiger partial charge on any atom is 0.138 e. The highest BCUT2D eigenvalue weighted by molar-refractivity contribution is 6.30. The van der Waals surface area contributed by atoms with Crippen LogP contribution in [0, 0.1) is 0 Å². The van der Waals surface area contributed by atoms with Crippen molar-refractivity contribution in [2.75, 3.05) is 6.61 Å². The maximum absolute atomic E-state index is 7.57. The molecule has 0 atom stereocenters. The number of H-pyrrole nitrogens is 1. The summed E-state index contributed by atoms with van der Waals surface area (Å²) in [7, 11) is 0. The van der Waals surface area contributed by atoms with E-state index in [2.05, 4.69) is 15.0 Å². The first-order valence-electron chi connectivity index (χ1n) is 8.61. The Bertz CT molecular complexity index is 1160. The number of aromatic amines is 1. The van der Waals surface area contributed by atoms with E-state index in [0.717, 1.165) is 44.2 Å². The van der Waals surface area contributed by atoms with Crippen molar-refractivity contribution in [1.29, 1.82) is 0 Å². The molecule has 0 spiro atoms. The molecule has 6 heteroatoms. The molecule has 0 aliphatic heterocycles. The van der Waals surface area contributed by atoms with Crippen LogP contribution in [-0.4, -0.2) is 31.6 Å². The number of fused-ring (bicyclic) bond motifs is 6. The normalized spacial score (nSPS) is 10.9. The molecule has 5 rings (SSSR count). The molecule has 2 N–H and O–H groups in total. The maximum atomic E-state index is 7.57. The molecular weight excluding hydrogens is 360 g/mol. The lowest BCUT2D eigenvalue weighted by Gasteiger charge is -2.03. The zero-order valence-corrected chi connectivity index (χ0v) is 15.4. The number of halogens is 1. The highest BCUT2D eigenvalue weighted by Crippen LogP contribution is 2.33. The fourth-order valence-corrected chi connectivity index (χ4v) is 3.21. The van der Waals surface area contributed by atoms with Crippen molar-refractivity contribution >= 4 is 44.4 Å². The molecule has 5 aromatic rings. The first kappa shape index (κ1) is 17.4. The van der Waals surface area contributed by atoms with Gasteiger partial charge in [0.25, 0.3) is 0 Å². The minimum Gasteiger partial charge on any atom is -0.397 e. The molecule has 2 aromatic carbocycles. The number of aromatic nitrogens is 4. The fraction of sp³-hybridized carbons (Fsp3) is 0.0952. The van der Waals surface area contributed by atoms with Gasteiger partial charge in [-0.25, -0.2) is 4.98 Å². The molecule has 0 unspecified atom stereocenters. The van der Waals surface area contributed by atoms with Crippen LogP contribution >= 0.6 is 11.6 Å². The molecule has 0 bridgehead atoms. The van der Waals surface area contributed by atoms with Crippen LogP contribution in [0.1, 0.15) is 6.92 Å². The third-order valence-corrected chi connectivity index (χ3v) is 4.44. The van der Waals surface area contributed by atoms with Gasteiger partial charge in [-0.05, 0) is 55.5 Å². The van der Waals surface area contributed by atoms with E-state index in [-0.39, 0.29) is 6.61 Å². The second kappa shape index (κ2) is 7.31. The summed E-state index contributed by atoms with van der Waals surface area (Å²) in [5.41, 5.74) is 4.62. The predicted octanol–water partition coefficient (Wildman–Crippen LogP) is 4.98. The number of nitrogens with one attached hydrogen (secondary N) is 1. The van der Waals surface area contributed by atoms with Gasteiger partial charge in [0.05, 0.1) is 22.1 Å². The second-order valence-corrected chi connectivity index (χ2v) is 6.37. The van der Waals surface area contributed by atoms with Crippen LogP contribution in [0.25, 0.3) is 44.2 Å². The zero-order chi connectivity index (χ0) is 18.8. The molecular formula is C21H17ClN4O. The Morgan fingerprint density at radius 3 is 2.15 bits per heavy atom. The summed E-state index contributed by atoms with van der Waals surface area (Å²) in [4.78, 5) is 17.3. The minimum absolute atomic E-state index is 0.250. The number of pyridine rings is 2. The van der Waals surface area contributed by atoms with Crippen molar-refractivity contribution in [3.63, 3.8) is 0 Å². The summed E-state index contributed by atoms with van der Waals surface area (Å²) in [6, 6.07) is 15.6. The molecule has 0 fully saturated rings. The van der Waals surface area contributed by atoms with Crippen molar-refractivity contribution in [3.05, 3.63) is 65.9 Å². The molecule has 134 valence electrons. The first-order chi connectivity index (χ1) is 13.2. The van der Waals surface area contributed by atoms with E-state index < -0.39 is 0 Å². The number of aliphatic hydroxyl groups is 1. The fourth-order valence-electron chi connectivity index (χ4n) is 3.09. The van der Waals surface area contributed by atoms with Crippen molar-refractivity contribution in [3.8, 4) is 11.4 Å². The molecule has 0 aliphatic rings. The molecule has 0 saturated heterocycles. The van der Waals surface area contributed by atoms with E-state index in [1.54, 1.807) is 19.3 Å². The van der Waals surface area contributed by atoms with Crippen LogP contribution in [0.2, 0.25) is 5.02 Å². The predicted molar refractivity (Wildman–Crippen MR) is 110 cm³/mol. The van der Waals surface area contributed by atoms with Crippen LogP contribution in [0.4, 0.5) is 0 Å². The number of nitrogens with zero attached hydrogens (tertiary/aromatic N) is 3. The molecule has 3 heterocycles. The van der Waals surface area contributed by atoms with Gasteiger partial charge in [-0.1, -0.05) is 11.6 Å². The van der Waals surface area contributed by atoms with E-state index in [4.69, 9.17) is 21.7 Å². The quantitative estimate of drug-likeness (QED) is 0.405. The topological polar surface area (TPSA) is 74.7 Å². The number of benzene rings is 2. The number of hydrogen-bond donors (Lipinski definition) is 2. The largest absolute Gasteiger partial charge is 0.397 e. The van der Waals surface area contributed by atoms with Gasteiger partial charge in [-0.15, -0.1) is 0 Å². The van der Waals surface area contributed by atoms with Crippen LogP contribution in [0.5, 0.6) is 0 Å². The molecule has 0 amide bonds. The lowest BCUT2D eigenvalue weighted by Crippen LogP contribution is -1.86. The van der Waals surface area contributed by atoms with E-state index in [1.807, 2.05) is 48.5 Å². The van der Waals surface area contributed by atoms with E-state index in [9.17, 15) is 0 Å². The number of aliphatic hydroxyl groups excluding tert-OH is 1. The van der Waals surface area contributed by atoms with Crippen LogP contribution in [0.15, 0.2) is 60.9 Å². The summed E-state index contributed by atoms with van der Waals surface area (Å²) in [6.45, 7) is 1.93. The van der Waals surface area contributed by atoms with E-state index >= 15 is 0 Å². The third-order valence-electron chi connectivity index (χ3n) is 4.19. The Hall–Kier alpha value is -3.02. The third kappa shape index (κ3) is 3.12. The Labute approximate surface area is 160 Å². The molecule has 0 saturated carbocycles. The molecule has 0 aliphatic carbocycles. The van der Waals surface area contributed by atoms with Gasteiger partial charge >= 0.3 is 0 Å². The average Bonchev–Trinajstić information content (AvgIpc) is 3.15. The highest BCUT2D eigenvalue weighted by Gasteiger charge is 2.14. The number of rotatable bonds is 1. The van der Waals surface area contributed by atoms with Crippen molar-refractivity contribution in [1.82, 2.24) is 19.9 Å². The first-order valence-corrected chi connectivity index (χ1v) is 8.98. The second-order valence-electron chi connectivity index (χ2n) is 5.93. The van der Waals surface area contributed by atoms with Crippen molar-refractivity contribution < 1.29 is 5.11 Å². The van der Waals surface area contributed by atoms with Crippen LogP contribution in [0.3, 0.4) is 0 Å². The summed E-state index contributed by atoms with van der Waals surface area (Å²) in [5, 5.41) is 10.3. The van der Waals surface area contributed by atoms with Gasteiger partial charge in [0.2, 0.25) is 0 Å². The smallest absolute Gasteiger partial charge is 0.138 e. The molecule has 5 nitrogen and oxygen atoms in total. The van der Waals surface area contributed by atoms with Gasteiger partial charge < -0.3 is 10.1 Å². The standard InChI is InChI=1S/C19H11ClN4.C2H6O/c20-12-7-5-11(6-8-12)19-23-17-13-3-1-9-21-15(13)16-14(18(17)24-19)4-2-10-22-16;1-2-3/h1-10H,(H,23,24);3H,2H2,1H3. The monoisotopic (exact) mass is 376 g/mol. The summed E-state index contributed by atoms with van der Waals surface area (Å²) in [6.07, 6.45) is 3.58. The molecule has 3 aromatic heterocycles. The Morgan fingerprint density at radius 1 is 0.889 bits per heavy atom. The van der Waals surface area contributed by atoms with Gasteiger partial charge in [0.1, 0.15) is 5.82 Å². The Morgan fingerprint density at radius 2 is 1.48 bits per heavy atom. The molecule has 27 heavy (non-hydrogen) atoms. The zero-order valence-electron chi connectivity index (χ0n) is 14.6. The van der Waals surface area contributed by atoms with Crippen LogP contribution in [-0.2, 0) is 0 Å². The molecule has 0 radical (unpaired) electrons. The summed E-state index contributed by atoms with van der Waals surface area (Å²) < 4.78 is 0. The minimum atomic E-state index is 0.250. The SMILES string of the molecule is CCO.Clc1ccc(-c2nc3c4cccnc4c4ncccc4c3[nH]2)cc1. The number of imidazole rings is 1. The van der Waals surface area contributed by atoms with Crippen molar-refractivity contribution in [2.24, 2.45) is 0 Å². The summed E-state index contributed by atoms with van der Waals surface area (Å²) >= 11 is 5.99. The Balaban J connectivity index is 0.000000565. The van der Waals surface area contributed by atoms with Crippen molar-refractivity contribution in [2.45, 2.75) is 6.92 Å². The van der Waals surface area contributed by atoms with E-state index in [0.29, 0.717) is 5.02 Å². The lowest BCUT2D eigenvalue weighted by atomic mass is 10.1. The van der Waals surface area contributed by atoms with Crippen LogP contribution < -0.4 is 0 Å². The van der Waals surface area contributed by atoms with Gasteiger partial charge in [0.15, 0.2) is 0 Å². The van der Waals surface area contributed by atoms with Gasteiger partial charge in [-0.2, -0.15) is 0 Å². The number of hydrogen-bond acceptors (Lipinski definition) is 4. The average molecular weight is 377 g/mol. The highest BCUT2D eigenvalue weighted by atomic mass is 35.5. The summed E-state index contributed by atoms with van der Waals surface area (Å²) in [5.74, 6) is 0.808. The van der Waals surface area contributed by atoms with Gasteiger partial charge in [-0.3, -0.25) is 9.97 Å².